The summed E-state index contributed by atoms with van der Waals surface area (Å²) in [6.07, 6.45) is 0. The molecule has 1 rings (SSSR count). The van der Waals surface area contributed by atoms with Gasteiger partial charge in [0.15, 0.2) is 0 Å². The summed E-state index contributed by atoms with van der Waals surface area (Å²) in [6, 6.07) is 3.25. The molecule has 0 radical (unpaired) electrons. The smallest absolute Gasteiger partial charge is 0.292 e. The van der Waals surface area contributed by atoms with Crippen molar-refractivity contribution in [2.75, 3.05) is 19.4 Å². The van der Waals surface area contributed by atoms with Gasteiger partial charge in [-0.15, -0.1) is 0 Å². The SMILES string of the molecule is CNC(=O)C(C)NC(=O)c1ccc([N+](=O)[O-])c(NC)c1. The lowest BCUT2D eigenvalue weighted by atomic mass is 10.1. The number of hydrogen-bond acceptors (Lipinski definition) is 5. The van der Waals surface area contributed by atoms with Crippen LogP contribution in [-0.4, -0.2) is 36.9 Å². The second-order valence-corrected chi connectivity index (χ2v) is 4.05. The summed E-state index contributed by atoms with van der Waals surface area (Å²) in [4.78, 5) is 33.5. The largest absolute Gasteiger partial charge is 0.383 e. The topological polar surface area (TPSA) is 113 Å². The molecule has 8 nitrogen and oxygen atoms in total. The molecule has 0 saturated carbocycles. The van der Waals surface area contributed by atoms with Gasteiger partial charge >= 0.3 is 0 Å². The maximum absolute atomic E-state index is 11.9. The number of nitrogens with zero attached hydrogens (tertiary/aromatic N) is 1. The predicted octanol–water partition coefficient (Wildman–Crippen LogP) is 0.501. The lowest BCUT2D eigenvalue weighted by Gasteiger charge is -2.12. The number of rotatable bonds is 5. The van der Waals surface area contributed by atoms with Crippen molar-refractivity contribution in [3.8, 4) is 0 Å². The van der Waals surface area contributed by atoms with Crippen LogP contribution < -0.4 is 16.0 Å². The number of nitro groups is 1. The third-order valence-electron chi connectivity index (χ3n) is 2.71. The van der Waals surface area contributed by atoms with Gasteiger partial charge in [0, 0.05) is 25.7 Å². The fourth-order valence-corrected chi connectivity index (χ4v) is 1.60. The molecule has 0 aromatic heterocycles. The highest BCUT2D eigenvalue weighted by Crippen LogP contribution is 2.24. The standard InChI is InChI=1S/C12H16N4O4/c1-7(11(17)14-3)15-12(18)8-4-5-10(16(19)20)9(6-8)13-2/h4-7,13H,1-3H3,(H,14,17)(H,15,18). The van der Waals surface area contributed by atoms with Crippen molar-refractivity contribution in [1.82, 2.24) is 10.6 Å². The van der Waals surface area contributed by atoms with E-state index in [-0.39, 0.29) is 22.8 Å². The fourth-order valence-electron chi connectivity index (χ4n) is 1.60. The van der Waals surface area contributed by atoms with Gasteiger partial charge in [0.1, 0.15) is 11.7 Å². The Morgan fingerprint density at radius 2 is 1.95 bits per heavy atom. The van der Waals surface area contributed by atoms with E-state index in [4.69, 9.17) is 0 Å². The molecular weight excluding hydrogens is 264 g/mol. The molecule has 0 heterocycles. The molecule has 3 N–H and O–H groups in total. The Hall–Kier alpha value is -2.64. The monoisotopic (exact) mass is 280 g/mol. The Morgan fingerprint density at radius 3 is 2.45 bits per heavy atom. The highest BCUT2D eigenvalue weighted by Gasteiger charge is 2.18. The summed E-state index contributed by atoms with van der Waals surface area (Å²) < 4.78 is 0. The molecule has 0 fully saturated rings. The zero-order valence-corrected chi connectivity index (χ0v) is 11.4. The van der Waals surface area contributed by atoms with Crippen LogP contribution in [0.1, 0.15) is 17.3 Å². The summed E-state index contributed by atoms with van der Waals surface area (Å²) in [5, 5.41) is 18.3. The van der Waals surface area contributed by atoms with Crippen LogP contribution in [0.2, 0.25) is 0 Å². The molecule has 1 aromatic rings. The van der Waals surface area contributed by atoms with E-state index in [0.717, 1.165) is 0 Å². The van der Waals surface area contributed by atoms with Crippen molar-refractivity contribution in [2.24, 2.45) is 0 Å². The number of amides is 2. The molecule has 0 bridgehead atoms. The lowest BCUT2D eigenvalue weighted by molar-refractivity contribution is -0.383. The maximum Gasteiger partial charge on any atom is 0.292 e. The molecular formula is C12H16N4O4. The zero-order chi connectivity index (χ0) is 15.3. The molecule has 0 saturated heterocycles. The van der Waals surface area contributed by atoms with E-state index in [9.17, 15) is 19.7 Å². The average Bonchev–Trinajstić information content (AvgIpc) is 2.45. The number of hydrogen-bond donors (Lipinski definition) is 3. The van der Waals surface area contributed by atoms with Crippen LogP contribution in [-0.2, 0) is 4.79 Å². The van der Waals surface area contributed by atoms with Crippen LogP contribution in [0.5, 0.6) is 0 Å². The van der Waals surface area contributed by atoms with Gasteiger partial charge in [0.05, 0.1) is 4.92 Å². The molecule has 0 aliphatic heterocycles. The van der Waals surface area contributed by atoms with Crippen LogP contribution in [0.25, 0.3) is 0 Å². The van der Waals surface area contributed by atoms with Crippen molar-refractivity contribution in [3.63, 3.8) is 0 Å². The zero-order valence-electron chi connectivity index (χ0n) is 11.4. The van der Waals surface area contributed by atoms with Gasteiger partial charge in [-0.2, -0.15) is 0 Å². The van der Waals surface area contributed by atoms with Gasteiger partial charge in [-0.25, -0.2) is 0 Å². The molecule has 2 amide bonds. The minimum atomic E-state index is -0.694. The van der Waals surface area contributed by atoms with Gasteiger partial charge in [-0.1, -0.05) is 0 Å². The van der Waals surface area contributed by atoms with Crippen molar-refractivity contribution in [2.45, 2.75) is 13.0 Å². The summed E-state index contributed by atoms with van der Waals surface area (Å²) in [5.74, 6) is -0.804. The summed E-state index contributed by atoms with van der Waals surface area (Å²) in [6.45, 7) is 1.54. The van der Waals surface area contributed by atoms with Gasteiger partial charge in [-0.3, -0.25) is 19.7 Å². The molecule has 1 unspecified atom stereocenters. The minimum Gasteiger partial charge on any atom is -0.383 e. The number of anilines is 1. The fraction of sp³-hybridized carbons (Fsp3) is 0.333. The van der Waals surface area contributed by atoms with Crippen LogP contribution in [0.15, 0.2) is 18.2 Å². The van der Waals surface area contributed by atoms with Crippen LogP contribution in [0.3, 0.4) is 0 Å². The summed E-state index contributed by atoms with van der Waals surface area (Å²) in [5.41, 5.74) is 0.342. The first-order valence-corrected chi connectivity index (χ1v) is 5.89. The quantitative estimate of drug-likeness (QED) is 0.537. The molecule has 0 spiro atoms. The predicted molar refractivity (Wildman–Crippen MR) is 73.6 cm³/mol. The highest BCUT2D eigenvalue weighted by molar-refractivity contribution is 5.98. The van der Waals surface area contributed by atoms with Crippen molar-refractivity contribution in [1.29, 1.82) is 0 Å². The molecule has 1 aromatic carbocycles. The summed E-state index contributed by atoms with van der Waals surface area (Å²) >= 11 is 0. The molecule has 1 atom stereocenters. The number of nitrogens with one attached hydrogen (secondary N) is 3. The van der Waals surface area contributed by atoms with Gasteiger partial charge < -0.3 is 16.0 Å². The van der Waals surface area contributed by atoms with Gasteiger partial charge in [0.25, 0.3) is 11.6 Å². The number of nitro benzene ring substituents is 1. The number of carbonyl (C=O) groups excluding carboxylic acids is 2. The van der Waals surface area contributed by atoms with E-state index in [1.165, 1.54) is 32.3 Å². The minimum absolute atomic E-state index is 0.122. The second-order valence-electron chi connectivity index (χ2n) is 4.05. The van der Waals surface area contributed by atoms with Crippen LogP contribution in [0.4, 0.5) is 11.4 Å². The van der Waals surface area contributed by atoms with E-state index in [1.54, 1.807) is 6.92 Å². The average molecular weight is 280 g/mol. The normalized spacial score (nSPS) is 11.3. The number of benzene rings is 1. The third-order valence-corrected chi connectivity index (χ3v) is 2.71. The molecule has 0 aliphatic rings. The van der Waals surface area contributed by atoms with E-state index >= 15 is 0 Å². The van der Waals surface area contributed by atoms with Gasteiger partial charge in [0.2, 0.25) is 5.91 Å². The Bertz CT molecular complexity index is 544. The van der Waals surface area contributed by atoms with Gasteiger partial charge in [-0.05, 0) is 19.1 Å². The number of likely N-dealkylation sites (N-methyl/N-ethyl adjacent to an activating group) is 1. The highest BCUT2D eigenvalue weighted by atomic mass is 16.6. The van der Waals surface area contributed by atoms with Crippen LogP contribution in [0, 0.1) is 10.1 Å². The molecule has 0 aliphatic carbocycles. The third kappa shape index (κ3) is 3.44. The first kappa shape index (κ1) is 15.4. The Labute approximate surface area is 115 Å². The number of carbonyl (C=O) groups is 2. The summed E-state index contributed by atoms with van der Waals surface area (Å²) in [7, 11) is 2.99. The first-order chi connectivity index (χ1) is 9.40. The second kappa shape index (κ2) is 6.50. The Morgan fingerprint density at radius 1 is 1.30 bits per heavy atom. The Balaban J connectivity index is 2.94. The van der Waals surface area contributed by atoms with E-state index in [0.29, 0.717) is 0 Å². The van der Waals surface area contributed by atoms with E-state index in [2.05, 4.69) is 16.0 Å². The van der Waals surface area contributed by atoms with E-state index < -0.39 is 16.9 Å². The first-order valence-electron chi connectivity index (χ1n) is 5.89. The van der Waals surface area contributed by atoms with Crippen LogP contribution >= 0.6 is 0 Å². The van der Waals surface area contributed by atoms with Crippen molar-refractivity contribution >= 4 is 23.2 Å². The van der Waals surface area contributed by atoms with E-state index in [1.807, 2.05) is 0 Å². The molecule has 20 heavy (non-hydrogen) atoms. The molecule has 8 heteroatoms. The van der Waals surface area contributed by atoms with Crippen molar-refractivity contribution in [3.05, 3.63) is 33.9 Å². The lowest BCUT2D eigenvalue weighted by Crippen LogP contribution is -2.43. The molecule has 108 valence electrons. The maximum atomic E-state index is 11.9. The van der Waals surface area contributed by atoms with Crippen molar-refractivity contribution < 1.29 is 14.5 Å². The Kier molecular flexibility index (Phi) is 5.01.